The number of esters is 1. The van der Waals surface area contributed by atoms with Crippen molar-refractivity contribution >= 4 is 18.0 Å². The van der Waals surface area contributed by atoms with Gasteiger partial charge in [-0.2, -0.15) is 5.10 Å². The fourth-order valence-corrected chi connectivity index (χ4v) is 4.45. The number of hydrogen-bond acceptors (Lipinski definition) is 6. The first-order chi connectivity index (χ1) is 17.6. The van der Waals surface area contributed by atoms with Gasteiger partial charge in [-0.1, -0.05) is 31.0 Å². The van der Waals surface area contributed by atoms with Gasteiger partial charge in [0, 0.05) is 29.4 Å². The van der Waals surface area contributed by atoms with Crippen LogP contribution in [0, 0.1) is 0 Å². The minimum Gasteiger partial charge on any atom is -0.486 e. The van der Waals surface area contributed by atoms with E-state index in [9.17, 15) is 9.59 Å². The second-order valence-corrected chi connectivity index (χ2v) is 8.97. The molecule has 0 saturated heterocycles. The summed E-state index contributed by atoms with van der Waals surface area (Å²) in [6.07, 6.45) is 8.14. The maximum Gasteiger partial charge on any atom is 0.331 e. The van der Waals surface area contributed by atoms with Crippen molar-refractivity contribution in [3.8, 4) is 28.4 Å². The average molecular weight is 488 g/mol. The number of carbonyl (C=O) groups is 2. The van der Waals surface area contributed by atoms with Crippen molar-refractivity contribution < 1.29 is 23.8 Å². The minimum absolute atomic E-state index is 0.173. The normalized spacial score (nSPS) is 16.1. The fraction of sp³-hybridized carbons (Fsp3) is 0.321. The van der Waals surface area contributed by atoms with Crippen molar-refractivity contribution in [1.82, 2.24) is 15.1 Å². The Morgan fingerprint density at radius 3 is 2.61 bits per heavy atom. The van der Waals surface area contributed by atoms with E-state index < -0.39 is 12.1 Å². The van der Waals surface area contributed by atoms with Crippen LogP contribution >= 0.6 is 0 Å². The predicted molar refractivity (Wildman–Crippen MR) is 135 cm³/mol. The number of benzene rings is 2. The summed E-state index contributed by atoms with van der Waals surface area (Å²) in [5.74, 6) is 0.490. The Bertz CT molecular complexity index is 1260. The van der Waals surface area contributed by atoms with E-state index in [4.69, 9.17) is 19.3 Å². The summed E-state index contributed by atoms with van der Waals surface area (Å²) >= 11 is 0. The smallest absolute Gasteiger partial charge is 0.331 e. The molecular weight excluding hydrogens is 458 g/mol. The van der Waals surface area contributed by atoms with Crippen molar-refractivity contribution in [3.05, 3.63) is 66.4 Å². The first-order valence-corrected chi connectivity index (χ1v) is 12.3. The zero-order chi connectivity index (χ0) is 24.9. The molecule has 0 radical (unpaired) electrons. The van der Waals surface area contributed by atoms with E-state index >= 15 is 0 Å². The van der Waals surface area contributed by atoms with Crippen molar-refractivity contribution in [1.29, 1.82) is 0 Å². The quantitative estimate of drug-likeness (QED) is 0.394. The molecule has 5 rings (SSSR count). The third-order valence-corrected chi connectivity index (χ3v) is 6.34. The van der Waals surface area contributed by atoms with Gasteiger partial charge in [-0.15, -0.1) is 0 Å². The molecule has 0 bridgehead atoms. The molecule has 2 aliphatic rings. The SMILES string of the molecule is C[C@H](OC(=O)/C=C/c1cn(-c2ccccc2)nc1-c1ccc2c(c1)OCCO2)C(=O)NC1CCCC1. The Balaban J connectivity index is 1.36. The highest BCUT2D eigenvalue weighted by molar-refractivity contribution is 5.91. The second-order valence-electron chi connectivity index (χ2n) is 8.97. The van der Waals surface area contributed by atoms with Crippen LogP contribution in [0.4, 0.5) is 0 Å². The van der Waals surface area contributed by atoms with Crippen LogP contribution in [-0.4, -0.2) is 47.0 Å². The fourth-order valence-electron chi connectivity index (χ4n) is 4.45. The lowest BCUT2D eigenvalue weighted by atomic mass is 10.1. The van der Waals surface area contributed by atoms with Crippen LogP contribution in [-0.2, 0) is 14.3 Å². The van der Waals surface area contributed by atoms with Crippen LogP contribution in [0.2, 0.25) is 0 Å². The van der Waals surface area contributed by atoms with Gasteiger partial charge >= 0.3 is 5.97 Å². The van der Waals surface area contributed by atoms with E-state index in [0.717, 1.165) is 42.5 Å². The third kappa shape index (κ3) is 5.43. The molecule has 8 heteroatoms. The number of nitrogens with one attached hydrogen (secondary N) is 1. The lowest BCUT2D eigenvalue weighted by Gasteiger charge is -2.18. The van der Waals surface area contributed by atoms with Crippen LogP contribution in [0.5, 0.6) is 11.5 Å². The van der Waals surface area contributed by atoms with Crippen LogP contribution in [0.15, 0.2) is 60.8 Å². The summed E-state index contributed by atoms with van der Waals surface area (Å²) < 4.78 is 18.5. The minimum atomic E-state index is -0.868. The molecule has 36 heavy (non-hydrogen) atoms. The summed E-state index contributed by atoms with van der Waals surface area (Å²) in [5.41, 5.74) is 3.10. The third-order valence-electron chi connectivity index (χ3n) is 6.34. The number of hydrogen-bond donors (Lipinski definition) is 1. The Labute approximate surface area is 209 Å². The van der Waals surface area contributed by atoms with E-state index in [2.05, 4.69) is 5.32 Å². The van der Waals surface area contributed by atoms with Gasteiger partial charge < -0.3 is 19.5 Å². The molecule has 1 aromatic heterocycles. The van der Waals surface area contributed by atoms with Crippen LogP contribution in [0.25, 0.3) is 23.0 Å². The highest BCUT2D eigenvalue weighted by Crippen LogP contribution is 2.35. The number of amides is 1. The van der Waals surface area contributed by atoms with E-state index in [1.54, 1.807) is 17.7 Å². The first-order valence-electron chi connectivity index (χ1n) is 12.3. The van der Waals surface area contributed by atoms with Gasteiger partial charge in [-0.3, -0.25) is 4.79 Å². The monoisotopic (exact) mass is 487 g/mol. The van der Waals surface area contributed by atoms with Crippen LogP contribution in [0.3, 0.4) is 0 Å². The molecule has 2 heterocycles. The molecule has 186 valence electrons. The Kier molecular flexibility index (Phi) is 7.02. The van der Waals surface area contributed by atoms with Gasteiger partial charge in [0.25, 0.3) is 5.91 Å². The molecule has 0 unspecified atom stereocenters. The zero-order valence-corrected chi connectivity index (χ0v) is 20.2. The van der Waals surface area contributed by atoms with Crippen molar-refractivity contribution in [3.63, 3.8) is 0 Å². The molecule has 8 nitrogen and oxygen atoms in total. The molecule has 1 atom stereocenters. The van der Waals surface area contributed by atoms with E-state index in [1.165, 1.54) is 6.08 Å². The summed E-state index contributed by atoms with van der Waals surface area (Å²) in [6.45, 7) is 2.59. The molecule has 2 aromatic carbocycles. The molecule has 1 amide bonds. The largest absolute Gasteiger partial charge is 0.486 e. The number of carbonyl (C=O) groups excluding carboxylic acids is 2. The first kappa shape index (κ1) is 23.7. The van der Waals surface area contributed by atoms with E-state index in [1.807, 2.05) is 54.7 Å². The molecule has 1 fully saturated rings. The molecule has 1 aliphatic carbocycles. The molecule has 1 saturated carbocycles. The zero-order valence-electron chi connectivity index (χ0n) is 20.2. The molecule has 0 spiro atoms. The van der Waals surface area contributed by atoms with Crippen LogP contribution < -0.4 is 14.8 Å². The summed E-state index contributed by atoms with van der Waals surface area (Å²) in [6, 6.07) is 15.5. The predicted octanol–water partition coefficient (Wildman–Crippen LogP) is 4.31. The van der Waals surface area contributed by atoms with Gasteiger partial charge in [0.15, 0.2) is 17.6 Å². The Hall–Kier alpha value is -4.07. The van der Waals surface area contributed by atoms with Crippen LogP contribution in [0.1, 0.15) is 38.2 Å². The standard InChI is InChI=1S/C28H29N3O5/c1-19(28(33)29-22-7-5-6-8-22)36-26(32)14-12-21-18-31(23-9-3-2-4-10-23)30-27(21)20-11-13-24-25(17-20)35-16-15-34-24/h2-4,9-14,17-19,22H,5-8,15-16H2,1H3,(H,29,33)/b14-12+/t19-/m0/s1. The van der Waals surface area contributed by atoms with E-state index in [-0.39, 0.29) is 11.9 Å². The molecule has 1 aliphatic heterocycles. The number of fused-ring (bicyclic) bond motifs is 1. The summed E-state index contributed by atoms with van der Waals surface area (Å²) in [7, 11) is 0. The lowest BCUT2D eigenvalue weighted by Crippen LogP contribution is -2.40. The van der Waals surface area contributed by atoms with E-state index in [0.29, 0.717) is 30.4 Å². The number of rotatable bonds is 7. The molecule has 3 aromatic rings. The second kappa shape index (κ2) is 10.7. The highest BCUT2D eigenvalue weighted by Gasteiger charge is 2.23. The topological polar surface area (TPSA) is 91.7 Å². The molecular formula is C28H29N3O5. The summed E-state index contributed by atoms with van der Waals surface area (Å²) in [4.78, 5) is 24.9. The lowest BCUT2D eigenvalue weighted by molar-refractivity contribution is -0.150. The Morgan fingerprint density at radius 2 is 1.83 bits per heavy atom. The number of para-hydroxylation sites is 1. The number of aromatic nitrogens is 2. The maximum absolute atomic E-state index is 12.5. The summed E-state index contributed by atoms with van der Waals surface area (Å²) in [5, 5.41) is 7.74. The van der Waals surface area contributed by atoms with Gasteiger partial charge in [-0.25, -0.2) is 9.48 Å². The number of nitrogens with zero attached hydrogens (tertiary/aromatic N) is 2. The molecule has 1 N–H and O–H groups in total. The van der Waals surface area contributed by atoms with Crippen molar-refractivity contribution in [2.45, 2.75) is 44.8 Å². The van der Waals surface area contributed by atoms with Crippen molar-refractivity contribution in [2.24, 2.45) is 0 Å². The van der Waals surface area contributed by atoms with Gasteiger partial charge in [0.05, 0.1) is 5.69 Å². The maximum atomic E-state index is 12.5. The van der Waals surface area contributed by atoms with Gasteiger partial charge in [0.2, 0.25) is 0 Å². The van der Waals surface area contributed by atoms with Crippen molar-refractivity contribution in [2.75, 3.05) is 13.2 Å². The highest BCUT2D eigenvalue weighted by atomic mass is 16.6. The van der Waals surface area contributed by atoms with Gasteiger partial charge in [-0.05, 0) is 56.2 Å². The number of ether oxygens (including phenoxy) is 3. The van der Waals surface area contributed by atoms with Gasteiger partial charge in [0.1, 0.15) is 18.9 Å². The Morgan fingerprint density at radius 1 is 1.08 bits per heavy atom. The average Bonchev–Trinajstić information content (AvgIpc) is 3.58.